The van der Waals surface area contributed by atoms with E-state index < -0.39 is 0 Å². The van der Waals surface area contributed by atoms with Crippen LogP contribution in [0.1, 0.15) is 47.0 Å². The van der Waals surface area contributed by atoms with Gasteiger partial charge < -0.3 is 10.2 Å². The Bertz CT molecular complexity index is 177. The molecule has 2 fully saturated rings. The lowest BCUT2D eigenvalue weighted by Gasteiger charge is -2.35. The molecule has 0 radical (unpaired) electrons. The summed E-state index contributed by atoms with van der Waals surface area (Å²) in [6.07, 6.45) is 4.25. The van der Waals surface area contributed by atoms with E-state index in [0.717, 1.165) is 17.8 Å². The molecule has 0 bridgehead atoms. The number of likely N-dealkylation sites (tertiary alicyclic amines) is 1. The average Bonchev–Trinajstić information content (AvgIpc) is 2.85. The molecule has 0 aromatic heterocycles. The second kappa shape index (κ2) is 8.10. The Morgan fingerprint density at radius 2 is 1.76 bits per heavy atom. The summed E-state index contributed by atoms with van der Waals surface area (Å²) in [7, 11) is 0. The van der Waals surface area contributed by atoms with Crippen LogP contribution in [-0.2, 0) is 0 Å². The van der Waals surface area contributed by atoms with Gasteiger partial charge in [-0.15, -0.1) is 0 Å². The van der Waals surface area contributed by atoms with Crippen molar-refractivity contribution in [2.75, 3.05) is 32.7 Å². The molecule has 2 heterocycles. The summed E-state index contributed by atoms with van der Waals surface area (Å²) < 4.78 is 0. The quantitative estimate of drug-likeness (QED) is 0.816. The van der Waals surface area contributed by atoms with Crippen molar-refractivity contribution in [3.05, 3.63) is 0 Å². The zero-order valence-electron chi connectivity index (χ0n) is 12.3. The Kier molecular flexibility index (Phi) is 7.14. The van der Waals surface area contributed by atoms with E-state index in [1.165, 1.54) is 52.0 Å². The van der Waals surface area contributed by atoms with E-state index in [0.29, 0.717) is 0 Å². The normalized spacial score (nSPS) is 27.0. The number of hydrogen-bond donors (Lipinski definition) is 1. The fraction of sp³-hybridized carbons (Fsp3) is 1.00. The van der Waals surface area contributed by atoms with Crippen LogP contribution in [0.25, 0.3) is 0 Å². The van der Waals surface area contributed by atoms with Gasteiger partial charge in [0.05, 0.1) is 0 Å². The first-order chi connectivity index (χ1) is 8.25. The molecule has 17 heavy (non-hydrogen) atoms. The molecule has 2 heteroatoms. The molecule has 2 aliphatic rings. The molecule has 0 unspecified atom stereocenters. The SMILES string of the molecule is CC.CC(C)C1CCN(C[C@H]2CCNC2)CC1. The lowest BCUT2D eigenvalue weighted by molar-refractivity contribution is 0.142. The number of piperidine rings is 1. The van der Waals surface area contributed by atoms with E-state index in [1.54, 1.807) is 0 Å². The van der Waals surface area contributed by atoms with Crippen molar-refractivity contribution in [3.63, 3.8) is 0 Å². The van der Waals surface area contributed by atoms with Crippen LogP contribution < -0.4 is 5.32 Å². The van der Waals surface area contributed by atoms with E-state index in [9.17, 15) is 0 Å². The second-order valence-electron chi connectivity index (χ2n) is 5.74. The van der Waals surface area contributed by atoms with Crippen LogP contribution in [0.3, 0.4) is 0 Å². The topological polar surface area (TPSA) is 15.3 Å². The molecule has 0 saturated carbocycles. The van der Waals surface area contributed by atoms with Crippen LogP contribution in [-0.4, -0.2) is 37.6 Å². The van der Waals surface area contributed by atoms with Gasteiger partial charge in [0.25, 0.3) is 0 Å². The van der Waals surface area contributed by atoms with Gasteiger partial charge >= 0.3 is 0 Å². The van der Waals surface area contributed by atoms with Crippen LogP contribution in [0.4, 0.5) is 0 Å². The van der Waals surface area contributed by atoms with E-state index in [2.05, 4.69) is 24.1 Å². The summed E-state index contributed by atoms with van der Waals surface area (Å²) in [4.78, 5) is 2.69. The predicted octanol–water partition coefficient (Wildman–Crippen LogP) is 2.99. The largest absolute Gasteiger partial charge is 0.316 e. The molecule has 2 nitrogen and oxygen atoms in total. The minimum absolute atomic E-state index is 0.889. The third-order valence-electron chi connectivity index (χ3n) is 4.25. The molecule has 2 aliphatic heterocycles. The zero-order chi connectivity index (χ0) is 12.7. The molecule has 2 saturated heterocycles. The van der Waals surface area contributed by atoms with Gasteiger partial charge in [0, 0.05) is 6.54 Å². The molecule has 102 valence electrons. The number of rotatable bonds is 3. The number of nitrogens with one attached hydrogen (secondary N) is 1. The Hall–Kier alpha value is -0.0800. The molecule has 0 aliphatic carbocycles. The van der Waals surface area contributed by atoms with E-state index in [4.69, 9.17) is 0 Å². The molecule has 0 spiro atoms. The van der Waals surface area contributed by atoms with Crippen molar-refractivity contribution < 1.29 is 0 Å². The summed E-state index contributed by atoms with van der Waals surface area (Å²) in [5.41, 5.74) is 0. The fourth-order valence-corrected chi connectivity index (χ4v) is 3.04. The minimum Gasteiger partial charge on any atom is -0.316 e. The lowest BCUT2D eigenvalue weighted by atomic mass is 9.86. The molecular formula is C15H32N2. The van der Waals surface area contributed by atoms with Gasteiger partial charge in [-0.1, -0.05) is 27.7 Å². The van der Waals surface area contributed by atoms with E-state index >= 15 is 0 Å². The smallest absolute Gasteiger partial charge is 0.00223 e. The van der Waals surface area contributed by atoms with E-state index in [1.807, 2.05) is 13.8 Å². The highest BCUT2D eigenvalue weighted by Crippen LogP contribution is 2.25. The maximum Gasteiger partial charge on any atom is 0.00223 e. The molecule has 0 aromatic rings. The summed E-state index contributed by atoms with van der Waals surface area (Å²) in [5.74, 6) is 2.81. The van der Waals surface area contributed by atoms with Crippen molar-refractivity contribution in [2.24, 2.45) is 17.8 Å². The van der Waals surface area contributed by atoms with Gasteiger partial charge in [-0.25, -0.2) is 0 Å². The maximum atomic E-state index is 3.46. The van der Waals surface area contributed by atoms with Crippen molar-refractivity contribution in [1.82, 2.24) is 10.2 Å². The highest BCUT2D eigenvalue weighted by molar-refractivity contribution is 4.79. The first kappa shape index (κ1) is 15.0. The fourth-order valence-electron chi connectivity index (χ4n) is 3.04. The molecule has 0 amide bonds. The van der Waals surface area contributed by atoms with Crippen LogP contribution in [0.2, 0.25) is 0 Å². The van der Waals surface area contributed by atoms with Crippen LogP contribution in [0, 0.1) is 17.8 Å². The zero-order valence-corrected chi connectivity index (χ0v) is 12.3. The van der Waals surface area contributed by atoms with Crippen LogP contribution in [0.5, 0.6) is 0 Å². The third kappa shape index (κ3) is 4.97. The standard InChI is InChI=1S/C13H26N2.C2H6/c1-11(2)13-4-7-15(8-5-13)10-12-3-6-14-9-12;1-2/h11-14H,3-10H2,1-2H3;1-2H3/t12-;/m0./s1. The Morgan fingerprint density at radius 3 is 2.24 bits per heavy atom. The summed E-state index contributed by atoms with van der Waals surface area (Å²) in [6, 6.07) is 0. The molecule has 1 N–H and O–H groups in total. The Labute approximate surface area is 108 Å². The lowest BCUT2D eigenvalue weighted by Crippen LogP contribution is -2.38. The van der Waals surface area contributed by atoms with Crippen molar-refractivity contribution >= 4 is 0 Å². The van der Waals surface area contributed by atoms with Crippen molar-refractivity contribution in [1.29, 1.82) is 0 Å². The van der Waals surface area contributed by atoms with Gasteiger partial charge in [0.2, 0.25) is 0 Å². The molecule has 2 rings (SSSR count). The average molecular weight is 240 g/mol. The van der Waals surface area contributed by atoms with Crippen LogP contribution >= 0.6 is 0 Å². The highest BCUT2D eigenvalue weighted by Gasteiger charge is 2.24. The molecular weight excluding hydrogens is 208 g/mol. The Morgan fingerprint density at radius 1 is 1.12 bits per heavy atom. The van der Waals surface area contributed by atoms with Gasteiger partial charge in [-0.2, -0.15) is 0 Å². The summed E-state index contributed by atoms with van der Waals surface area (Å²) in [5, 5.41) is 3.46. The number of hydrogen-bond acceptors (Lipinski definition) is 2. The van der Waals surface area contributed by atoms with Crippen molar-refractivity contribution in [3.8, 4) is 0 Å². The van der Waals surface area contributed by atoms with Gasteiger partial charge in [0.1, 0.15) is 0 Å². The van der Waals surface area contributed by atoms with E-state index in [-0.39, 0.29) is 0 Å². The van der Waals surface area contributed by atoms with Gasteiger partial charge in [0.15, 0.2) is 0 Å². The van der Waals surface area contributed by atoms with Gasteiger partial charge in [-0.05, 0) is 63.2 Å². The van der Waals surface area contributed by atoms with Crippen molar-refractivity contribution in [2.45, 2.75) is 47.0 Å². The predicted molar refractivity (Wildman–Crippen MR) is 76.3 cm³/mol. The van der Waals surface area contributed by atoms with Crippen LogP contribution in [0.15, 0.2) is 0 Å². The third-order valence-corrected chi connectivity index (χ3v) is 4.25. The minimum atomic E-state index is 0.889. The number of nitrogens with zero attached hydrogens (tertiary/aromatic N) is 1. The first-order valence-corrected chi connectivity index (χ1v) is 7.69. The Balaban J connectivity index is 0.000000686. The molecule has 1 atom stereocenters. The maximum absolute atomic E-state index is 3.46. The summed E-state index contributed by atoms with van der Waals surface area (Å²) in [6.45, 7) is 15.3. The molecule has 0 aromatic carbocycles. The highest BCUT2D eigenvalue weighted by atomic mass is 15.1. The monoisotopic (exact) mass is 240 g/mol. The van der Waals surface area contributed by atoms with Gasteiger partial charge in [-0.3, -0.25) is 0 Å². The second-order valence-corrected chi connectivity index (χ2v) is 5.74. The first-order valence-electron chi connectivity index (χ1n) is 7.69. The summed E-state index contributed by atoms with van der Waals surface area (Å²) >= 11 is 0.